The topological polar surface area (TPSA) is 25.8 Å². The van der Waals surface area contributed by atoms with Crippen LogP contribution in [0.1, 0.15) is 32.0 Å². The summed E-state index contributed by atoms with van der Waals surface area (Å²) in [6, 6.07) is 1.87. The van der Waals surface area contributed by atoms with Crippen molar-refractivity contribution in [3.63, 3.8) is 0 Å². The number of nitrogens with zero attached hydrogens (tertiary/aromatic N) is 2. The summed E-state index contributed by atoms with van der Waals surface area (Å²) in [6.45, 7) is 2.33. The van der Waals surface area contributed by atoms with Crippen molar-refractivity contribution in [2.75, 3.05) is 0 Å². The first-order chi connectivity index (χ1) is 5.79. The summed E-state index contributed by atoms with van der Waals surface area (Å²) in [5, 5.41) is 0. The Hall–Kier alpha value is -0.920. The van der Waals surface area contributed by atoms with E-state index in [1.54, 1.807) is 0 Å². The molecule has 0 aliphatic heterocycles. The molecule has 0 unspecified atom stereocenters. The highest BCUT2D eigenvalue weighted by molar-refractivity contribution is 4.96. The van der Waals surface area contributed by atoms with Crippen LogP contribution in [0.3, 0.4) is 0 Å². The average Bonchev–Trinajstić information content (AvgIpc) is 2.04. The molecule has 0 atom stereocenters. The van der Waals surface area contributed by atoms with Gasteiger partial charge in [-0.3, -0.25) is 0 Å². The molecule has 2 rings (SSSR count). The van der Waals surface area contributed by atoms with Crippen LogP contribution < -0.4 is 0 Å². The fourth-order valence-electron chi connectivity index (χ4n) is 1.76. The second kappa shape index (κ2) is 2.85. The fourth-order valence-corrected chi connectivity index (χ4v) is 1.76. The van der Waals surface area contributed by atoms with Gasteiger partial charge >= 0.3 is 0 Å². The lowest BCUT2D eigenvalue weighted by atomic mass is 9.68. The summed E-state index contributed by atoms with van der Waals surface area (Å²) in [5.74, 6) is 1.000. The minimum absolute atomic E-state index is 0.501. The SMILES string of the molecule is CC1(Cc2ncccn2)CCC1. The van der Waals surface area contributed by atoms with E-state index < -0.39 is 0 Å². The molecule has 0 amide bonds. The zero-order chi connectivity index (χ0) is 8.44. The first-order valence-corrected chi connectivity index (χ1v) is 4.54. The molecule has 0 saturated heterocycles. The van der Waals surface area contributed by atoms with E-state index >= 15 is 0 Å². The molecular formula is C10H14N2. The molecule has 1 heterocycles. The molecule has 2 heteroatoms. The van der Waals surface area contributed by atoms with E-state index in [4.69, 9.17) is 0 Å². The second-order valence-corrected chi connectivity index (χ2v) is 4.01. The van der Waals surface area contributed by atoms with Crippen LogP contribution in [0.5, 0.6) is 0 Å². The maximum atomic E-state index is 4.23. The number of aromatic nitrogens is 2. The Morgan fingerprint density at radius 1 is 1.33 bits per heavy atom. The van der Waals surface area contributed by atoms with Gasteiger partial charge in [-0.05, 0) is 24.3 Å². The van der Waals surface area contributed by atoms with Gasteiger partial charge < -0.3 is 0 Å². The molecular weight excluding hydrogens is 148 g/mol. The molecule has 1 fully saturated rings. The molecule has 0 aromatic carbocycles. The summed E-state index contributed by atoms with van der Waals surface area (Å²) in [6.07, 6.45) is 8.75. The van der Waals surface area contributed by atoms with Gasteiger partial charge in [0.15, 0.2) is 0 Å². The minimum atomic E-state index is 0.501. The van der Waals surface area contributed by atoms with Crippen LogP contribution in [0.2, 0.25) is 0 Å². The molecule has 0 radical (unpaired) electrons. The van der Waals surface area contributed by atoms with Gasteiger partial charge in [0.05, 0.1) is 0 Å². The Labute approximate surface area is 73.1 Å². The predicted molar refractivity (Wildman–Crippen MR) is 47.7 cm³/mol. The molecule has 2 nitrogen and oxygen atoms in total. The van der Waals surface area contributed by atoms with Crippen molar-refractivity contribution in [1.82, 2.24) is 9.97 Å². The van der Waals surface area contributed by atoms with Gasteiger partial charge in [0, 0.05) is 18.8 Å². The number of rotatable bonds is 2. The monoisotopic (exact) mass is 162 g/mol. The van der Waals surface area contributed by atoms with Crippen molar-refractivity contribution in [2.24, 2.45) is 5.41 Å². The van der Waals surface area contributed by atoms with Crippen molar-refractivity contribution in [1.29, 1.82) is 0 Å². The summed E-state index contributed by atoms with van der Waals surface area (Å²) < 4.78 is 0. The molecule has 1 aromatic rings. The minimum Gasteiger partial charge on any atom is -0.241 e. The zero-order valence-corrected chi connectivity index (χ0v) is 7.45. The van der Waals surface area contributed by atoms with Crippen LogP contribution in [0.4, 0.5) is 0 Å². The van der Waals surface area contributed by atoms with E-state index in [1.165, 1.54) is 19.3 Å². The Morgan fingerprint density at radius 2 is 2.00 bits per heavy atom. The van der Waals surface area contributed by atoms with E-state index in [9.17, 15) is 0 Å². The van der Waals surface area contributed by atoms with Gasteiger partial charge in [-0.1, -0.05) is 13.3 Å². The Bertz CT molecular complexity index is 252. The predicted octanol–water partition coefficient (Wildman–Crippen LogP) is 2.21. The van der Waals surface area contributed by atoms with Crippen LogP contribution in [0.15, 0.2) is 18.5 Å². The summed E-state index contributed by atoms with van der Waals surface area (Å²) in [5.41, 5.74) is 0.501. The molecule has 1 aliphatic carbocycles. The number of hydrogen-bond acceptors (Lipinski definition) is 2. The number of hydrogen-bond donors (Lipinski definition) is 0. The fraction of sp³-hybridized carbons (Fsp3) is 0.600. The van der Waals surface area contributed by atoms with Gasteiger partial charge in [0.1, 0.15) is 5.82 Å². The third kappa shape index (κ3) is 1.47. The molecule has 0 spiro atoms. The van der Waals surface area contributed by atoms with Crippen molar-refractivity contribution in [3.05, 3.63) is 24.3 Å². The maximum absolute atomic E-state index is 4.23. The van der Waals surface area contributed by atoms with E-state index in [0.29, 0.717) is 5.41 Å². The Balaban J connectivity index is 2.04. The van der Waals surface area contributed by atoms with Crippen LogP contribution in [0, 0.1) is 5.41 Å². The molecule has 1 saturated carbocycles. The summed E-state index contributed by atoms with van der Waals surface area (Å²) in [7, 11) is 0. The lowest BCUT2D eigenvalue weighted by Crippen LogP contribution is -2.28. The van der Waals surface area contributed by atoms with E-state index in [1.807, 2.05) is 18.5 Å². The highest BCUT2D eigenvalue weighted by Gasteiger charge is 2.32. The van der Waals surface area contributed by atoms with Gasteiger partial charge in [0.25, 0.3) is 0 Å². The highest BCUT2D eigenvalue weighted by Crippen LogP contribution is 2.42. The first kappa shape index (κ1) is 7.71. The molecule has 1 aliphatic rings. The van der Waals surface area contributed by atoms with Gasteiger partial charge in [0.2, 0.25) is 0 Å². The van der Waals surface area contributed by atoms with Crippen LogP contribution in [-0.2, 0) is 6.42 Å². The van der Waals surface area contributed by atoms with Crippen molar-refractivity contribution >= 4 is 0 Å². The lowest BCUT2D eigenvalue weighted by Gasteiger charge is -2.37. The quantitative estimate of drug-likeness (QED) is 0.666. The zero-order valence-electron chi connectivity index (χ0n) is 7.45. The lowest BCUT2D eigenvalue weighted by molar-refractivity contribution is 0.158. The molecule has 12 heavy (non-hydrogen) atoms. The van der Waals surface area contributed by atoms with Crippen LogP contribution >= 0.6 is 0 Å². The smallest absolute Gasteiger partial charge is 0.128 e. The van der Waals surface area contributed by atoms with Crippen molar-refractivity contribution in [2.45, 2.75) is 32.6 Å². The van der Waals surface area contributed by atoms with E-state index in [2.05, 4.69) is 16.9 Å². The third-order valence-corrected chi connectivity index (χ3v) is 2.76. The summed E-state index contributed by atoms with van der Waals surface area (Å²) in [4.78, 5) is 8.47. The molecule has 0 bridgehead atoms. The van der Waals surface area contributed by atoms with Crippen molar-refractivity contribution < 1.29 is 0 Å². The summed E-state index contributed by atoms with van der Waals surface area (Å²) >= 11 is 0. The molecule has 1 aromatic heterocycles. The maximum Gasteiger partial charge on any atom is 0.128 e. The molecule has 0 N–H and O–H groups in total. The van der Waals surface area contributed by atoms with E-state index in [0.717, 1.165) is 12.2 Å². The van der Waals surface area contributed by atoms with Gasteiger partial charge in [-0.15, -0.1) is 0 Å². The average molecular weight is 162 g/mol. The van der Waals surface area contributed by atoms with Crippen molar-refractivity contribution in [3.8, 4) is 0 Å². The third-order valence-electron chi connectivity index (χ3n) is 2.76. The van der Waals surface area contributed by atoms with E-state index in [-0.39, 0.29) is 0 Å². The first-order valence-electron chi connectivity index (χ1n) is 4.54. The Morgan fingerprint density at radius 3 is 2.50 bits per heavy atom. The molecule has 64 valence electrons. The second-order valence-electron chi connectivity index (χ2n) is 4.01. The van der Waals surface area contributed by atoms with Gasteiger partial charge in [-0.2, -0.15) is 0 Å². The largest absolute Gasteiger partial charge is 0.241 e. The van der Waals surface area contributed by atoms with Gasteiger partial charge in [-0.25, -0.2) is 9.97 Å². The van der Waals surface area contributed by atoms with Crippen LogP contribution in [0.25, 0.3) is 0 Å². The normalized spacial score (nSPS) is 20.1. The standard InChI is InChI=1S/C10H14N2/c1-10(4-2-5-10)8-9-11-6-3-7-12-9/h3,6-7H,2,4-5,8H2,1H3. The highest BCUT2D eigenvalue weighted by atomic mass is 14.9. The Kier molecular flexibility index (Phi) is 1.83. The van der Waals surface area contributed by atoms with Crippen LogP contribution in [-0.4, -0.2) is 9.97 Å².